The van der Waals surface area contributed by atoms with Crippen molar-refractivity contribution >= 4 is 5.95 Å². The van der Waals surface area contributed by atoms with Gasteiger partial charge in [-0.3, -0.25) is 14.3 Å². The Morgan fingerprint density at radius 3 is 2.83 bits per heavy atom. The zero-order valence-electron chi connectivity index (χ0n) is 13.6. The van der Waals surface area contributed by atoms with Gasteiger partial charge in [-0.25, -0.2) is 4.98 Å². The Morgan fingerprint density at radius 1 is 1.30 bits per heavy atom. The fraction of sp³-hybridized carbons (Fsp3) is 0.471. The predicted molar refractivity (Wildman–Crippen MR) is 89.6 cm³/mol. The van der Waals surface area contributed by atoms with Crippen LogP contribution in [0.2, 0.25) is 0 Å². The van der Waals surface area contributed by atoms with Crippen LogP contribution in [0.5, 0.6) is 0 Å². The molecule has 3 rings (SSSR count). The van der Waals surface area contributed by atoms with Gasteiger partial charge >= 0.3 is 0 Å². The molecule has 0 amide bonds. The van der Waals surface area contributed by atoms with E-state index in [4.69, 9.17) is 9.72 Å². The molecule has 23 heavy (non-hydrogen) atoms. The van der Waals surface area contributed by atoms with E-state index < -0.39 is 0 Å². The van der Waals surface area contributed by atoms with Crippen LogP contribution in [0.4, 0.5) is 5.95 Å². The predicted octanol–water partition coefficient (Wildman–Crippen LogP) is 1.94. The summed E-state index contributed by atoms with van der Waals surface area (Å²) >= 11 is 0. The number of methoxy groups -OCH3 is 1. The van der Waals surface area contributed by atoms with Crippen LogP contribution < -0.4 is 10.5 Å². The van der Waals surface area contributed by atoms with E-state index in [-0.39, 0.29) is 11.7 Å². The monoisotopic (exact) mass is 314 g/mol. The first-order chi connectivity index (χ1) is 11.2. The second kappa shape index (κ2) is 6.91. The third-order valence-corrected chi connectivity index (χ3v) is 4.26. The first-order valence-corrected chi connectivity index (χ1v) is 7.99. The van der Waals surface area contributed by atoms with Gasteiger partial charge in [0.05, 0.1) is 11.8 Å². The maximum Gasteiger partial charge on any atom is 0.255 e. The fourth-order valence-corrected chi connectivity index (χ4v) is 2.80. The molecule has 122 valence electrons. The number of nitrogens with zero attached hydrogens (tertiary/aromatic N) is 4. The van der Waals surface area contributed by atoms with Crippen molar-refractivity contribution in [1.82, 2.24) is 14.5 Å². The molecule has 1 aliphatic rings. The Morgan fingerprint density at radius 2 is 2.09 bits per heavy atom. The molecule has 1 aliphatic heterocycles. The summed E-state index contributed by atoms with van der Waals surface area (Å²) in [6, 6.07) is 5.36. The smallest absolute Gasteiger partial charge is 0.255 e. The van der Waals surface area contributed by atoms with E-state index in [2.05, 4.69) is 16.8 Å². The first kappa shape index (κ1) is 15.7. The Labute approximate surface area is 135 Å². The summed E-state index contributed by atoms with van der Waals surface area (Å²) in [5, 5.41) is 0. The topological polar surface area (TPSA) is 60.2 Å². The average molecular weight is 314 g/mol. The van der Waals surface area contributed by atoms with Crippen LogP contribution in [0.3, 0.4) is 0 Å². The number of aromatic nitrogens is 3. The van der Waals surface area contributed by atoms with Gasteiger partial charge in [0, 0.05) is 50.8 Å². The quantitative estimate of drug-likeness (QED) is 0.844. The summed E-state index contributed by atoms with van der Waals surface area (Å²) in [6.07, 6.45) is 5.50. The van der Waals surface area contributed by atoms with Gasteiger partial charge in [-0.15, -0.1) is 0 Å². The molecular formula is C17H22N4O2. The highest BCUT2D eigenvalue weighted by molar-refractivity contribution is 5.59. The summed E-state index contributed by atoms with van der Waals surface area (Å²) in [4.78, 5) is 23.4. The average Bonchev–Trinajstić information content (AvgIpc) is 2.60. The Bertz CT molecular complexity index is 714. The van der Waals surface area contributed by atoms with Crippen molar-refractivity contribution in [1.29, 1.82) is 0 Å². The molecule has 0 radical (unpaired) electrons. The first-order valence-electron chi connectivity index (χ1n) is 7.99. The number of anilines is 1. The number of fused-ring (bicyclic) bond motifs is 1. The molecule has 0 aromatic carbocycles. The van der Waals surface area contributed by atoms with Crippen molar-refractivity contribution in [3.05, 3.63) is 40.9 Å². The molecule has 0 bridgehead atoms. The summed E-state index contributed by atoms with van der Waals surface area (Å²) in [5.41, 5.74) is 1.62. The molecule has 0 fully saturated rings. The van der Waals surface area contributed by atoms with Crippen LogP contribution in [0.25, 0.3) is 11.3 Å². The minimum Gasteiger partial charge on any atom is -0.382 e. The SMILES string of the molecule is COC(C)CCN1CCCn2c1nc(-c1ccncc1)cc2=O. The van der Waals surface area contributed by atoms with Gasteiger partial charge in [0.1, 0.15) is 0 Å². The van der Waals surface area contributed by atoms with E-state index in [0.29, 0.717) is 5.69 Å². The highest BCUT2D eigenvalue weighted by Crippen LogP contribution is 2.21. The molecule has 1 unspecified atom stereocenters. The molecule has 2 aromatic heterocycles. The second-order valence-electron chi connectivity index (χ2n) is 5.84. The number of ether oxygens (including phenoxy) is 1. The van der Waals surface area contributed by atoms with E-state index in [0.717, 1.165) is 44.0 Å². The largest absolute Gasteiger partial charge is 0.382 e. The summed E-state index contributed by atoms with van der Waals surface area (Å²) in [5.74, 6) is 0.763. The molecule has 0 saturated carbocycles. The molecule has 0 N–H and O–H groups in total. The van der Waals surface area contributed by atoms with Crippen LogP contribution in [0.15, 0.2) is 35.4 Å². The molecule has 0 saturated heterocycles. The summed E-state index contributed by atoms with van der Waals surface area (Å²) < 4.78 is 7.09. The van der Waals surface area contributed by atoms with Gasteiger partial charge in [-0.2, -0.15) is 0 Å². The third kappa shape index (κ3) is 3.42. The minimum atomic E-state index is 0.00584. The standard InChI is InChI=1S/C17H22N4O2/c1-13(23-2)6-11-20-9-3-10-21-16(22)12-15(19-17(20)21)14-4-7-18-8-5-14/h4-5,7-8,12-13H,3,6,9-11H2,1-2H3. The van der Waals surface area contributed by atoms with Crippen LogP contribution in [-0.4, -0.2) is 40.8 Å². The lowest BCUT2D eigenvalue weighted by Crippen LogP contribution is -2.39. The van der Waals surface area contributed by atoms with Crippen molar-refractivity contribution in [3.63, 3.8) is 0 Å². The van der Waals surface area contributed by atoms with Crippen LogP contribution in [0.1, 0.15) is 19.8 Å². The lowest BCUT2D eigenvalue weighted by atomic mass is 10.2. The lowest BCUT2D eigenvalue weighted by Gasteiger charge is -2.31. The summed E-state index contributed by atoms with van der Waals surface area (Å²) in [6.45, 7) is 4.54. The summed E-state index contributed by atoms with van der Waals surface area (Å²) in [7, 11) is 1.72. The Balaban J connectivity index is 1.94. The number of rotatable bonds is 5. The van der Waals surface area contributed by atoms with Crippen LogP contribution in [0, 0.1) is 0 Å². The minimum absolute atomic E-state index is 0.00584. The van der Waals surface area contributed by atoms with E-state index in [1.54, 1.807) is 30.1 Å². The molecule has 0 aliphatic carbocycles. The fourth-order valence-electron chi connectivity index (χ4n) is 2.80. The highest BCUT2D eigenvalue weighted by atomic mass is 16.5. The normalized spacial score (nSPS) is 15.3. The van der Waals surface area contributed by atoms with Crippen molar-refractivity contribution in [2.75, 3.05) is 25.1 Å². The van der Waals surface area contributed by atoms with E-state index in [1.165, 1.54) is 0 Å². The van der Waals surface area contributed by atoms with Gasteiger partial charge in [-0.05, 0) is 31.9 Å². The maximum atomic E-state index is 12.5. The Kier molecular flexibility index (Phi) is 4.71. The zero-order valence-corrected chi connectivity index (χ0v) is 13.6. The molecular weight excluding hydrogens is 292 g/mol. The van der Waals surface area contributed by atoms with Crippen molar-refractivity contribution in [2.24, 2.45) is 0 Å². The lowest BCUT2D eigenvalue weighted by molar-refractivity contribution is 0.112. The Hall–Kier alpha value is -2.21. The van der Waals surface area contributed by atoms with Gasteiger partial charge in [0.25, 0.3) is 5.56 Å². The second-order valence-corrected chi connectivity index (χ2v) is 5.84. The maximum absolute atomic E-state index is 12.5. The van der Waals surface area contributed by atoms with Crippen molar-refractivity contribution < 1.29 is 4.74 Å². The molecule has 0 spiro atoms. The van der Waals surface area contributed by atoms with E-state index in [9.17, 15) is 4.79 Å². The van der Waals surface area contributed by atoms with Crippen LogP contribution >= 0.6 is 0 Å². The van der Waals surface area contributed by atoms with E-state index >= 15 is 0 Å². The zero-order chi connectivity index (χ0) is 16.2. The van der Waals surface area contributed by atoms with Crippen LogP contribution in [-0.2, 0) is 11.3 Å². The number of hydrogen-bond donors (Lipinski definition) is 0. The molecule has 3 heterocycles. The molecule has 1 atom stereocenters. The third-order valence-electron chi connectivity index (χ3n) is 4.26. The van der Waals surface area contributed by atoms with Crippen molar-refractivity contribution in [2.45, 2.75) is 32.4 Å². The van der Waals surface area contributed by atoms with Gasteiger partial charge in [0.15, 0.2) is 0 Å². The number of pyridine rings is 1. The van der Waals surface area contributed by atoms with Gasteiger partial charge in [-0.1, -0.05) is 0 Å². The molecule has 2 aromatic rings. The molecule has 6 heteroatoms. The molecule has 6 nitrogen and oxygen atoms in total. The van der Waals surface area contributed by atoms with Crippen molar-refractivity contribution in [3.8, 4) is 11.3 Å². The van der Waals surface area contributed by atoms with Gasteiger partial charge < -0.3 is 9.64 Å². The van der Waals surface area contributed by atoms with E-state index in [1.807, 2.05) is 12.1 Å². The highest BCUT2D eigenvalue weighted by Gasteiger charge is 2.21. The van der Waals surface area contributed by atoms with Gasteiger partial charge in [0.2, 0.25) is 5.95 Å². The number of hydrogen-bond acceptors (Lipinski definition) is 5.